The van der Waals surface area contributed by atoms with Crippen molar-refractivity contribution in [2.24, 2.45) is 0 Å². The van der Waals surface area contributed by atoms with Crippen molar-refractivity contribution in [1.82, 2.24) is 0 Å². The van der Waals surface area contributed by atoms with Gasteiger partial charge in [-0.3, -0.25) is 4.79 Å². The lowest BCUT2D eigenvalue weighted by Gasteiger charge is -2.01. The molecule has 3 heteroatoms. The van der Waals surface area contributed by atoms with Crippen molar-refractivity contribution in [3.63, 3.8) is 0 Å². The molecule has 0 unspecified atom stereocenters. The first kappa shape index (κ1) is 10.7. The quantitative estimate of drug-likeness (QED) is 0.620. The van der Waals surface area contributed by atoms with Gasteiger partial charge in [0.05, 0.1) is 0 Å². The number of hydrogen-bond donors (Lipinski definition) is 0. The van der Waals surface area contributed by atoms with Gasteiger partial charge in [0, 0.05) is 9.99 Å². The number of hydrogen-bond acceptors (Lipinski definition) is 2. The van der Waals surface area contributed by atoms with E-state index in [0.29, 0.717) is 6.42 Å². The smallest absolute Gasteiger partial charge is 0.306 e. The monoisotopic (exact) mass is 314 g/mol. The zero-order valence-corrected chi connectivity index (χ0v) is 10.3. The van der Waals surface area contributed by atoms with Gasteiger partial charge in [0.25, 0.3) is 0 Å². The zero-order valence-electron chi connectivity index (χ0n) is 8.15. The van der Waals surface area contributed by atoms with E-state index in [1.165, 1.54) is 3.57 Å². The first-order chi connectivity index (χ1) is 7.24. The van der Waals surface area contributed by atoms with E-state index in [1.807, 2.05) is 30.4 Å². The van der Waals surface area contributed by atoms with Gasteiger partial charge < -0.3 is 4.74 Å². The molecule has 1 fully saturated rings. The normalized spacial score (nSPS) is 20.9. The van der Waals surface area contributed by atoms with Gasteiger partial charge in [0.2, 0.25) is 0 Å². The third-order valence-corrected chi connectivity index (χ3v) is 2.94. The Balaban J connectivity index is 2.02. The maximum atomic E-state index is 10.9. The van der Waals surface area contributed by atoms with Gasteiger partial charge in [0.15, 0.2) is 0 Å². The van der Waals surface area contributed by atoms with Gasteiger partial charge in [0.1, 0.15) is 6.10 Å². The zero-order chi connectivity index (χ0) is 10.7. The summed E-state index contributed by atoms with van der Waals surface area (Å²) in [6, 6.07) is 8.19. The SMILES string of the molecule is O=C1CC[C@H](/C=C/c2cccc(I)c2)O1. The standard InChI is InChI=1S/C12H11IO2/c13-10-3-1-2-9(8-10)4-5-11-6-7-12(14)15-11/h1-5,8,11H,6-7H2/b5-4+/t11-/m0/s1. The number of halogens is 1. The summed E-state index contributed by atoms with van der Waals surface area (Å²) in [6.45, 7) is 0. The van der Waals surface area contributed by atoms with Gasteiger partial charge in [-0.05, 0) is 52.8 Å². The third-order valence-electron chi connectivity index (χ3n) is 2.27. The van der Waals surface area contributed by atoms with E-state index in [1.54, 1.807) is 0 Å². The van der Waals surface area contributed by atoms with Crippen LogP contribution in [0.4, 0.5) is 0 Å². The minimum Gasteiger partial charge on any atom is -0.458 e. The minimum absolute atomic E-state index is 0.0321. The summed E-state index contributed by atoms with van der Waals surface area (Å²) in [5.41, 5.74) is 1.14. The van der Waals surface area contributed by atoms with Crippen LogP contribution < -0.4 is 0 Å². The Bertz CT molecular complexity index is 398. The number of benzene rings is 1. The number of ether oxygens (including phenoxy) is 1. The average molecular weight is 314 g/mol. The van der Waals surface area contributed by atoms with E-state index in [2.05, 4.69) is 28.7 Å². The highest BCUT2D eigenvalue weighted by Crippen LogP contribution is 2.16. The second-order valence-electron chi connectivity index (χ2n) is 3.48. The van der Waals surface area contributed by atoms with Gasteiger partial charge in [-0.15, -0.1) is 0 Å². The molecule has 0 spiro atoms. The Morgan fingerprint density at radius 2 is 2.33 bits per heavy atom. The van der Waals surface area contributed by atoms with Crippen molar-refractivity contribution < 1.29 is 9.53 Å². The Kier molecular flexibility index (Phi) is 3.41. The number of rotatable bonds is 2. The second kappa shape index (κ2) is 4.79. The molecule has 0 aromatic heterocycles. The van der Waals surface area contributed by atoms with Gasteiger partial charge in [-0.2, -0.15) is 0 Å². The van der Waals surface area contributed by atoms with Crippen LogP contribution >= 0.6 is 22.6 Å². The van der Waals surface area contributed by atoms with Crippen LogP contribution in [0, 0.1) is 3.57 Å². The highest BCUT2D eigenvalue weighted by Gasteiger charge is 2.20. The van der Waals surface area contributed by atoms with Gasteiger partial charge in [-0.1, -0.05) is 18.2 Å². The van der Waals surface area contributed by atoms with Crippen LogP contribution in [0.3, 0.4) is 0 Å². The second-order valence-corrected chi connectivity index (χ2v) is 4.73. The summed E-state index contributed by atoms with van der Waals surface area (Å²) in [5.74, 6) is -0.0905. The van der Waals surface area contributed by atoms with Crippen LogP contribution in [0.2, 0.25) is 0 Å². The van der Waals surface area contributed by atoms with Crippen LogP contribution in [-0.4, -0.2) is 12.1 Å². The summed E-state index contributed by atoms with van der Waals surface area (Å²) in [5, 5.41) is 0. The van der Waals surface area contributed by atoms with Crippen molar-refractivity contribution >= 4 is 34.6 Å². The van der Waals surface area contributed by atoms with E-state index in [-0.39, 0.29) is 12.1 Å². The fourth-order valence-corrected chi connectivity index (χ4v) is 2.08. The predicted octanol–water partition coefficient (Wildman–Crippen LogP) is 3.01. The summed E-state index contributed by atoms with van der Waals surface area (Å²) < 4.78 is 6.29. The summed E-state index contributed by atoms with van der Waals surface area (Å²) in [6.07, 6.45) is 5.28. The molecular formula is C12H11IO2. The highest BCUT2D eigenvalue weighted by atomic mass is 127. The van der Waals surface area contributed by atoms with E-state index < -0.39 is 0 Å². The maximum absolute atomic E-state index is 10.9. The topological polar surface area (TPSA) is 26.3 Å². The molecule has 1 heterocycles. The molecule has 1 aromatic carbocycles. The third kappa shape index (κ3) is 3.06. The molecule has 0 saturated carbocycles. The molecule has 1 saturated heterocycles. The lowest BCUT2D eigenvalue weighted by Crippen LogP contribution is -2.01. The van der Waals surface area contributed by atoms with Crippen molar-refractivity contribution in [1.29, 1.82) is 0 Å². The van der Waals surface area contributed by atoms with Gasteiger partial charge >= 0.3 is 5.97 Å². The Morgan fingerprint density at radius 1 is 1.47 bits per heavy atom. The van der Waals surface area contributed by atoms with Crippen molar-refractivity contribution in [2.75, 3.05) is 0 Å². The Hall–Kier alpha value is -0.840. The largest absolute Gasteiger partial charge is 0.458 e. The molecular weight excluding hydrogens is 303 g/mol. The molecule has 0 aliphatic carbocycles. The minimum atomic E-state index is -0.0905. The molecule has 2 rings (SSSR count). The lowest BCUT2D eigenvalue weighted by atomic mass is 10.1. The van der Waals surface area contributed by atoms with Gasteiger partial charge in [-0.25, -0.2) is 0 Å². The molecule has 1 aliphatic rings. The number of carbonyl (C=O) groups is 1. The summed E-state index contributed by atoms with van der Waals surface area (Å²) in [4.78, 5) is 10.9. The molecule has 15 heavy (non-hydrogen) atoms. The van der Waals surface area contributed by atoms with Crippen molar-refractivity contribution in [3.8, 4) is 0 Å². The van der Waals surface area contributed by atoms with E-state index in [4.69, 9.17) is 4.74 Å². The molecule has 0 bridgehead atoms. The number of carbonyl (C=O) groups excluding carboxylic acids is 1. The number of esters is 1. The van der Waals surface area contributed by atoms with Crippen molar-refractivity contribution in [3.05, 3.63) is 39.5 Å². The molecule has 1 atom stereocenters. The molecule has 1 aliphatic heterocycles. The maximum Gasteiger partial charge on any atom is 0.306 e. The number of cyclic esters (lactones) is 1. The van der Waals surface area contributed by atoms with E-state index in [0.717, 1.165) is 12.0 Å². The van der Waals surface area contributed by atoms with Crippen LogP contribution in [0.1, 0.15) is 18.4 Å². The highest BCUT2D eigenvalue weighted by molar-refractivity contribution is 14.1. The summed E-state index contributed by atoms with van der Waals surface area (Å²) >= 11 is 2.28. The predicted molar refractivity (Wildman–Crippen MR) is 67.3 cm³/mol. The molecule has 2 nitrogen and oxygen atoms in total. The molecule has 1 aromatic rings. The molecule has 78 valence electrons. The van der Waals surface area contributed by atoms with Crippen LogP contribution in [-0.2, 0) is 9.53 Å². The van der Waals surface area contributed by atoms with E-state index >= 15 is 0 Å². The van der Waals surface area contributed by atoms with E-state index in [9.17, 15) is 4.79 Å². The average Bonchev–Trinajstić information content (AvgIpc) is 2.62. The molecule has 0 radical (unpaired) electrons. The Labute approximate surface area is 102 Å². The fourth-order valence-electron chi connectivity index (χ4n) is 1.51. The molecule has 0 N–H and O–H groups in total. The lowest BCUT2D eigenvalue weighted by molar-refractivity contribution is -0.139. The fraction of sp³-hybridized carbons (Fsp3) is 0.250. The van der Waals surface area contributed by atoms with Crippen LogP contribution in [0.15, 0.2) is 30.3 Å². The first-order valence-corrected chi connectivity index (χ1v) is 5.95. The van der Waals surface area contributed by atoms with Crippen molar-refractivity contribution in [2.45, 2.75) is 18.9 Å². The Morgan fingerprint density at radius 3 is 3.00 bits per heavy atom. The summed E-state index contributed by atoms with van der Waals surface area (Å²) in [7, 11) is 0. The van der Waals surface area contributed by atoms with Crippen LogP contribution in [0.5, 0.6) is 0 Å². The molecule has 0 amide bonds. The van der Waals surface area contributed by atoms with Crippen LogP contribution in [0.25, 0.3) is 6.08 Å². The first-order valence-electron chi connectivity index (χ1n) is 4.87.